The second kappa shape index (κ2) is 7.98. The number of ether oxygens (including phenoxy) is 1. The molecule has 0 aliphatic rings. The quantitative estimate of drug-likeness (QED) is 0.713. The highest BCUT2D eigenvalue weighted by Gasteiger charge is 2.16. The Bertz CT molecular complexity index is 354. The molecule has 0 heterocycles. The predicted molar refractivity (Wildman–Crippen MR) is 74.1 cm³/mol. The van der Waals surface area contributed by atoms with Crippen molar-refractivity contribution in [3.05, 3.63) is 30.3 Å². The summed E-state index contributed by atoms with van der Waals surface area (Å²) >= 11 is 5.66. The Morgan fingerprint density at radius 1 is 1.33 bits per heavy atom. The highest BCUT2D eigenvalue weighted by molar-refractivity contribution is 6.17. The first-order valence-electron chi connectivity index (χ1n) is 6.18. The van der Waals surface area contributed by atoms with Crippen molar-refractivity contribution in [2.45, 2.75) is 26.3 Å². The molecule has 0 atom stereocenters. The van der Waals surface area contributed by atoms with E-state index in [2.05, 4.69) is 0 Å². The number of carbonyl (C=O) groups excluding carboxylic acids is 1. The number of alkyl halides is 1. The third-order valence-electron chi connectivity index (χ3n) is 2.58. The molecule has 0 bridgehead atoms. The molecule has 18 heavy (non-hydrogen) atoms. The Morgan fingerprint density at radius 3 is 2.56 bits per heavy atom. The van der Waals surface area contributed by atoms with E-state index in [1.807, 2.05) is 44.2 Å². The average Bonchev–Trinajstić information content (AvgIpc) is 2.37. The molecule has 0 aliphatic heterocycles. The second-order valence-corrected chi connectivity index (χ2v) is 4.70. The number of para-hydroxylation sites is 1. The summed E-state index contributed by atoms with van der Waals surface area (Å²) in [5.41, 5.74) is 0. The molecular formula is C14H20ClNO2. The van der Waals surface area contributed by atoms with Crippen LogP contribution in [0.1, 0.15) is 20.3 Å². The number of halogens is 1. The Morgan fingerprint density at radius 2 is 2.00 bits per heavy atom. The molecular weight excluding hydrogens is 250 g/mol. The molecule has 100 valence electrons. The first kappa shape index (κ1) is 14.8. The minimum Gasteiger partial charge on any atom is -0.484 e. The van der Waals surface area contributed by atoms with E-state index in [1.165, 1.54) is 0 Å². The zero-order valence-electron chi connectivity index (χ0n) is 10.9. The Balaban J connectivity index is 2.46. The van der Waals surface area contributed by atoms with Gasteiger partial charge in [0, 0.05) is 18.5 Å². The summed E-state index contributed by atoms with van der Waals surface area (Å²) in [6.45, 7) is 4.74. The lowest BCUT2D eigenvalue weighted by Gasteiger charge is -2.26. The zero-order chi connectivity index (χ0) is 13.4. The fourth-order valence-electron chi connectivity index (χ4n) is 1.65. The van der Waals surface area contributed by atoms with Gasteiger partial charge in [0.1, 0.15) is 5.75 Å². The van der Waals surface area contributed by atoms with E-state index in [9.17, 15) is 4.79 Å². The molecule has 1 aromatic rings. The van der Waals surface area contributed by atoms with Crippen LogP contribution in [0.25, 0.3) is 0 Å². The molecule has 0 spiro atoms. The fourth-order valence-corrected chi connectivity index (χ4v) is 1.77. The topological polar surface area (TPSA) is 29.5 Å². The summed E-state index contributed by atoms with van der Waals surface area (Å²) in [4.78, 5) is 13.8. The van der Waals surface area contributed by atoms with E-state index in [4.69, 9.17) is 16.3 Å². The summed E-state index contributed by atoms with van der Waals surface area (Å²) in [5.74, 6) is 1.28. The monoisotopic (exact) mass is 269 g/mol. The first-order valence-corrected chi connectivity index (χ1v) is 6.72. The van der Waals surface area contributed by atoms with Gasteiger partial charge in [-0.3, -0.25) is 4.79 Å². The van der Waals surface area contributed by atoms with Crippen molar-refractivity contribution >= 4 is 17.5 Å². The van der Waals surface area contributed by atoms with Crippen LogP contribution in [0, 0.1) is 0 Å². The van der Waals surface area contributed by atoms with Crippen LogP contribution in [-0.2, 0) is 4.79 Å². The summed E-state index contributed by atoms with van der Waals surface area (Å²) in [6.07, 6.45) is 0.802. The number of rotatable bonds is 7. The van der Waals surface area contributed by atoms with E-state index in [1.54, 1.807) is 4.90 Å². The predicted octanol–water partition coefficient (Wildman–Crippen LogP) is 2.93. The van der Waals surface area contributed by atoms with E-state index >= 15 is 0 Å². The zero-order valence-corrected chi connectivity index (χ0v) is 11.7. The molecule has 0 aliphatic carbocycles. The van der Waals surface area contributed by atoms with Crippen LogP contribution in [-0.4, -0.2) is 35.9 Å². The van der Waals surface area contributed by atoms with Crippen molar-refractivity contribution in [3.63, 3.8) is 0 Å². The van der Waals surface area contributed by atoms with Gasteiger partial charge >= 0.3 is 0 Å². The fraction of sp³-hybridized carbons (Fsp3) is 0.500. The van der Waals surface area contributed by atoms with E-state index in [-0.39, 0.29) is 18.6 Å². The summed E-state index contributed by atoms with van der Waals surface area (Å²) in [6, 6.07) is 9.52. The molecule has 0 saturated carbocycles. The molecule has 0 aromatic heterocycles. The number of carbonyl (C=O) groups is 1. The van der Waals surface area contributed by atoms with Gasteiger partial charge in [0.25, 0.3) is 5.91 Å². The third-order valence-corrected chi connectivity index (χ3v) is 2.85. The lowest BCUT2D eigenvalue weighted by molar-refractivity contribution is -0.135. The average molecular weight is 270 g/mol. The van der Waals surface area contributed by atoms with Gasteiger partial charge in [0.2, 0.25) is 0 Å². The van der Waals surface area contributed by atoms with E-state index < -0.39 is 0 Å². The molecule has 0 N–H and O–H groups in total. The Hall–Kier alpha value is -1.22. The van der Waals surface area contributed by atoms with Crippen LogP contribution in [0.3, 0.4) is 0 Å². The first-order chi connectivity index (χ1) is 8.65. The van der Waals surface area contributed by atoms with Crippen molar-refractivity contribution in [1.82, 2.24) is 4.90 Å². The van der Waals surface area contributed by atoms with Crippen LogP contribution in [0.2, 0.25) is 0 Å². The van der Waals surface area contributed by atoms with Crippen molar-refractivity contribution in [3.8, 4) is 5.75 Å². The third kappa shape index (κ3) is 4.96. The van der Waals surface area contributed by atoms with Gasteiger partial charge in [-0.1, -0.05) is 18.2 Å². The summed E-state index contributed by atoms with van der Waals surface area (Å²) in [7, 11) is 0. The van der Waals surface area contributed by atoms with Crippen molar-refractivity contribution in [2.75, 3.05) is 19.0 Å². The molecule has 1 amide bonds. The van der Waals surface area contributed by atoms with Crippen LogP contribution in [0.15, 0.2) is 30.3 Å². The SMILES string of the molecule is CC(C)N(CCCCl)C(=O)COc1ccccc1. The van der Waals surface area contributed by atoms with Gasteiger partial charge in [0.05, 0.1) is 0 Å². The standard InChI is InChI=1S/C14H20ClNO2/c1-12(2)16(10-6-9-15)14(17)11-18-13-7-4-3-5-8-13/h3-5,7-8,12H,6,9-11H2,1-2H3. The van der Waals surface area contributed by atoms with Gasteiger partial charge in [0.15, 0.2) is 6.61 Å². The molecule has 1 rings (SSSR count). The van der Waals surface area contributed by atoms with Gasteiger partial charge in [-0.05, 0) is 32.4 Å². The van der Waals surface area contributed by atoms with Crippen molar-refractivity contribution in [1.29, 1.82) is 0 Å². The minimum absolute atomic E-state index is 0.000954. The second-order valence-electron chi connectivity index (χ2n) is 4.33. The maximum absolute atomic E-state index is 12.0. The van der Waals surface area contributed by atoms with Crippen molar-refractivity contribution < 1.29 is 9.53 Å². The van der Waals surface area contributed by atoms with E-state index in [0.29, 0.717) is 18.2 Å². The molecule has 3 nitrogen and oxygen atoms in total. The Labute approximate surface area is 114 Å². The lowest BCUT2D eigenvalue weighted by atomic mass is 10.3. The lowest BCUT2D eigenvalue weighted by Crippen LogP contribution is -2.40. The molecule has 0 unspecified atom stereocenters. The molecule has 0 radical (unpaired) electrons. The molecule has 4 heteroatoms. The largest absolute Gasteiger partial charge is 0.484 e. The number of hydrogen-bond donors (Lipinski definition) is 0. The highest BCUT2D eigenvalue weighted by Crippen LogP contribution is 2.09. The number of benzene rings is 1. The van der Waals surface area contributed by atoms with Crippen LogP contribution in [0.5, 0.6) is 5.75 Å². The summed E-state index contributed by atoms with van der Waals surface area (Å²) in [5, 5.41) is 0. The molecule has 1 aromatic carbocycles. The summed E-state index contributed by atoms with van der Waals surface area (Å²) < 4.78 is 5.45. The number of nitrogens with zero attached hydrogens (tertiary/aromatic N) is 1. The number of hydrogen-bond acceptors (Lipinski definition) is 2. The van der Waals surface area contributed by atoms with Gasteiger partial charge in [-0.25, -0.2) is 0 Å². The highest BCUT2D eigenvalue weighted by atomic mass is 35.5. The van der Waals surface area contributed by atoms with Crippen LogP contribution >= 0.6 is 11.6 Å². The normalized spacial score (nSPS) is 10.4. The number of amides is 1. The maximum atomic E-state index is 12.0. The van der Waals surface area contributed by atoms with Gasteiger partial charge in [-0.15, -0.1) is 11.6 Å². The molecule has 0 saturated heterocycles. The minimum atomic E-state index is -0.000954. The van der Waals surface area contributed by atoms with Crippen molar-refractivity contribution in [2.24, 2.45) is 0 Å². The smallest absolute Gasteiger partial charge is 0.260 e. The van der Waals surface area contributed by atoms with Crippen LogP contribution < -0.4 is 4.74 Å². The van der Waals surface area contributed by atoms with Gasteiger partial charge in [-0.2, -0.15) is 0 Å². The van der Waals surface area contributed by atoms with E-state index in [0.717, 1.165) is 6.42 Å². The Kier molecular flexibility index (Phi) is 6.58. The van der Waals surface area contributed by atoms with Crippen LogP contribution in [0.4, 0.5) is 0 Å². The molecule has 0 fully saturated rings. The maximum Gasteiger partial charge on any atom is 0.260 e. The van der Waals surface area contributed by atoms with Gasteiger partial charge < -0.3 is 9.64 Å².